The van der Waals surface area contributed by atoms with Gasteiger partial charge in [-0.2, -0.15) is 0 Å². The molecule has 2 aromatic heterocycles. The third-order valence-corrected chi connectivity index (χ3v) is 4.14. The molecule has 23 heavy (non-hydrogen) atoms. The lowest BCUT2D eigenvalue weighted by Gasteiger charge is -2.25. The number of H-pyrrole nitrogens is 1. The van der Waals surface area contributed by atoms with Gasteiger partial charge in [-0.3, -0.25) is 9.98 Å². The van der Waals surface area contributed by atoms with Crippen molar-refractivity contribution in [3.05, 3.63) is 66.1 Å². The molecule has 1 unspecified atom stereocenters. The highest BCUT2D eigenvalue weighted by Gasteiger charge is 2.23. The van der Waals surface area contributed by atoms with Crippen LogP contribution in [-0.2, 0) is 6.54 Å². The van der Waals surface area contributed by atoms with E-state index in [1.165, 1.54) is 10.9 Å². The number of benzene rings is 1. The molecule has 1 aliphatic rings. The number of nitrogens with one attached hydrogen (secondary N) is 3. The average Bonchev–Trinajstić information content (AvgIpc) is 3.05. The third-order valence-electron chi connectivity index (χ3n) is 4.14. The lowest BCUT2D eigenvalue weighted by Crippen LogP contribution is -2.42. The van der Waals surface area contributed by atoms with E-state index < -0.39 is 0 Å². The molecule has 0 radical (unpaired) electrons. The third kappa shape index (κ3) is 2.83. The second kappa shape index (κ2) is 6.22. The van der Waals surface area contributed by atoms with Gasteiger partial charge in [-0.15, -0.1) is 0 Å². The maximum atomic E-state index is 4.70. The lowest BCUT2D eigenvalue weighted by molar-refractivity contribution is 0.601. The van der Waals surface area contributed by atoms with Crippen LogP contribution in [0.1, 0.15) is 17.2 Å². The summed E-state index contributed by atoms with van der Waals surface area (Å²) in [4.78, 5) is 12.2. The topological polar surface area (TPSA) is 65.1 Å². The smallest absolute Gasteiger partial charge is 0.119 e. The van der Waals surface area contributed by atoms with Crippen LogP contribution < -0.4 is 10.6 Å². The van der Waals surface area contributed by atoms with E-state index in [2.05, 4.69) is 51.1 Å². The van der Waals surface area contributed by atoms with Crippen molar-refractivity contribution in [2.24, 2.45) is 4.99 Å². The molecular weight excluding hydrogens is 286 g/mol. The van der Waals surface area contributed by atoms with Crippen LogP contribution in [0, 0.1) is 0 Å². The van der Waals surface area contributed by atoms with E-state index in [0.29, 0.717) is 0 Å². The fraction of sp³-hybridized carbons (Fsp3) is 0.222. The first-order chi connectivity index (χ1) is 11.4. The van der Waals surface area contributed by atoms with Crippen LogP contribution >= 0.6 is 0 Å². The summed E-state index contributed by atoms with van der Waals surface area (Å²) in [7, 11) is 0. The van der Waals surface area contributed by atoms with E-state index in [9.17, 15) is 0 Å². The van der Waals surface area contributed by atoms with Gasteiger partial charge in [0.25, 0.3) is 0 Å². The van der Waals surface area contributed by atoms with Crippen molar-refractivity contribution < 1.29 is 0 Å². The standard InChI is InChI=1S/C18H19N5/c1-2-6-16-14(5-1)15(12-22-16)17-18(21-9-8-20-17)23-11-13-4-3-7-19-10-13/h1-7,10,12,17,20,22H,8-9,11H2,(H,21,23). The molecule has 1 aliphatic heterocycles. The molecule has 4 rings (SSSR count). The van der Waals surface area contributed by atoms with Gasteiger partial charge in [0.15, 0.2) is 0 Å². The highest BCUT2D eigenvalue weighted by atomic mass is 15.1. The highest BCUT2D eigenvalue weighted by molar-refractivity contribution is 5.94. The van der Waals surface area contributed by atoms with Crippen LogP contribution in [-0.4, -0.2) is 28.9 Å². The Hall–Kier alpha value is -2.66. The molecule has 1 aromatic carbocycles. The molecular formula is C18H19N5. The van der Waals surface area contributed by atoms with Gasteiger partial charge >= 0.3 is 0 Å². The summed E-state index contributed by atoms with van der Waals surface area (Å²) in [5, 5.41) is 8.28. The van der Waals surface area contributed by atoms with Crippen molar-refractivity contribution in [3.63, 3.8) is 0 Å². The average molecular weight is 305 g/mol. The number of aliphatic imine (C=N–C) groups is 1. The number of hydrogen-bond acceptors (Lipinski definition) is 4. The molecule has 0 bridgehead atoms. The monoisotopic (exact) mass is 305 g/mol. The van der Waals surface area contributed by atoms with Crippen molar-refractivity contribution in [2.45, 2.75) is 12.6 Å². The van der Waals surface area contributed by atoms with Crippen molar-refractivity contribution in [1.82, 2.24) is 20.6 Å². The van der Waals surface area contributed by atoms with Gasteiger partial charge in [-0.05, 0) is 17.7 Å². The van der Waals surface area contributed by atoms with Gasteiger partial charge in [0.05, 0.1) is 12.6 Å². The van der Waals surface area contributed by atoms with E-state index in [1.807, 2.05) is 18.3 Å². The molecule has 3 heterocycles. The predicted octanol–water partition coefficient (Wildman–Crippen LogP) is 2.40. The van der Waals surface area contributed by atoms with Gasteiger partial charge in [0.1, 0.15) is 5.84 Å². The molecule has 0 saturated heterocycles. The Morgan fingerprint density at radius 2 is 2.13 bits per heavy atom. The Bertz CT molecular complexity index is 822. The summed E-state index contributed by atoms with van der Waals surface area (Å²) in [6.45, 7) is 2.42. The lowest BCUT2D eigenvalue weighted by atomic mass is 10.0. The second-order valence-electron chi connectivity index (χ2n) is 5.66. The largest absolute Gasteiger partial charge is 0.368 e. The van der Waals surface area contributed by atoms with Crippen molar-refractivity contribution in [3.8, 4) is 0 Å². The fourth-order valence-corrected chi connectivity index (χ4v) is 3.02. The Morgan fingerprint density at radius 1 is 1.17 bits per heavy atom. The molecule has 0 aliphatic carbocycles. The van der Waals surface area contributed by atoms with E-state index in [-0.39, 0.29) is 6.04 Å². The Kier molecular flexibility index (Phi) is 3.78. The molecule has 0 fully saturated rings. The maximum Gasteiger partial charge on any atom is 0.119 e. The fourth-order valence-electron chi connectivity index (χ4n) is 3.02. The Labute approximate surface area is 134 Å². The molecule has 3 aromatic rings. The molecule has 3 N–H and O–H groups in total. The number of para-hydroxylation sites is 1. The Balaban J connectivity index is 1.59. The summed E-state index contributed by atoms with van der Waals surface area (Å²) in [5.74, 6) is 0.991. The van der Waals surface area contributed by atoms with Crippen molar-refractivity contribution in [1.29, 1.82) is 0 Å². The first-order valence-electron chi connectivity index (χ1n) is 7.88. The number of aromatic amines is 1. The van der Waals surface area contributed by atoms with E-state index in [0.717, 1.165) is 36.6 Å². The molecule has 0 saturated carbocycles. The number of nitrogens with zero attached hydrogens (tertiary/aromatic N) is 2. The molecule has 5 nitrogen and oxygen atoms in total. The molecule has 0 amide bonds. The van der Waals surface area contributed by atoms with E-state index in [4.69, 9.17) is 4.99 Å². The number of pyridine rings is 1. The van der Waals surface area contributed by atoms with Gasteiger partial charge in [0, 0.05) is 48.1 Å². The normalized spacial score (nSPS) is 17.9. The zero-order valence-corrected chi connectivity index (χ0v) is 12.8. The molecule has 116 valence electrons. The quantitative estimate of drug-likeness (QED) is 0.696. The van der Waals surface area contributed by atoms with Crippen LogP contribution in [0.25, 0.3) is 10.9 Å². The summed E-state index contributed by atoms with van der Waals surface area (Å²) in [6.07, 6.45) is 5.75. The van der Waals surface area contributed by atoms with Crippen LogP contribution in [0.3, 0.4) is 0 Å². The van der Waals surface area contributed by atoms with Gasteiger partial charge < -0.3 is 15.6 Å². The van der Waals surface area contributed by atoms with Crippen LogP contribution in [0.15, 0.2) is 60.0 Å². The maximum absolute atomic E-state index is 4.70. The van der Waals surface area contributed by atoms with Crippen LogP contribution in [0.4, 0.5) is 0 Å². The number of amidine groups is 1. The van der Waals surface area contributed by atoms with Gasteiger partial charge in [-0.25, -0.2) is 0 Å². The number of hydrogen-bond donors (Lipinski definition) is 3. The highest BCUT2D eigenvalue weighted by Crippen LogP contribution is 2.25. The summed E-state index contributed by atoms with van der Waals surface area (Å²) >= 11 is 0. The molecule has 5 heteroatoms. The minimum atomic E-state index is 0.0940. The first-order valence-corrected chi connectivity index (χ1v) is 7.88. The first kappa shape index (κ1) is 14.0. The van der Waals surface area contributed by atoms with Gasteiger partial charge in [0.2, 0.25) is 0 Å². The van der Waals surface area contributed by atoms with Crippen LogP contribution in [0.2, 0.25) is 0 Å². The molecule has 1 atom stereocenters. The zero-order chi connectivity index (χ0) is 15.5. The van der Waals surface area contributed by atoms with Crippen LogP contribution in [0.5, 0.6) is 0 Å². The number of rotatable bonds is 3. The summed E-state index contributed by atoms with van der Waals surface area (Å²) in [6, 6.07) is 12.5. The molecule has 0 spiro atoms. The SMILES string of the molecule is c1cncc(CNC2=NCCNC2c2c[nH]c3ccccc23)c1. The number of fused-ring (bicyclic) bond motifs is 1. The van der Waals surface area contributed by atoms with Crippen molar-refractivity contribution in [2.75, 3.05) is 13.1 Å². The minimum Gasteiger partial charge on any atom is -0.368 e. The van der Waals surface area contributed by atoms with Crippen molar-refractivity contribution >= 4 is 16.7 Å². The predicted molar refractivity (Wildman–Crippen MR) is 92.4 cm³/mol. The van der Waals surface area contributed by atoms with E-state index >= 15 is 0 Å². The number of aromatic nitrogens is 2. The van der Waals surface area contributed by atoms with Gasteiger partial charge in [-0.1, -0.05) is 24.3 Å². The summed E-state index contributed by atoms with van der Waals surface area (Å²) in [5.41, 5.74) is 3.54. The summed E-state index contributed by atoms with van der Waals surface area (Å²) < 4.78 is 0. The minimum absolute atomic E-state index is 0.0940. The Morgan fingerprint density at radius 3 is 3.04 bits per heavy atom. The second-order valence-corrected chi connectivity index (χ2v) is 5.66. The van der Waals surface area contributed by atoms with E-state index in [1.54, 1.807) is 6.20 Å². The zero-order valence-electron chi connectivity index (χ0n) is 12.8.